The van der Waals surface area contributed by atoms with Gasteiger partial charge in [-0.2, -0.15) is 0 Å². The summed E-state index contributed by atoms with van der Waals surface area (Å²) in [6.45, 7) is 0. The van der Waals surface area contributed by atoms with E-state index in [1.807, 2.05) is 0 Å². The quantitative estimate of drug-likeness (QED) is 0.176. The molecule has 0 atom stereocenters. The fourth-order valence-electron chi connectivity index (χ4n) is 6.64. The second-order valence-electron chi connectivity index (χ2n) is 11.8. The van der Waals surface area contributed by atoms with Crippen molar-refractivity contribution in [2.45, 2.75) is 0 Å². The van der Waals surface area contributed by atoms with E-state index in [2.05, 4.69) is 205 Å². The Bertz CT molecular complexity index is 2290. The molecule has 1 nitrogen and oxygen atoms in total. The van der Waals surface area contributed by atoms with E-state index in [-0.39, 0.29) is 0 Å². The zero-order valence-electron chi connectivity index (χ0n) is 26.0. The lowest BCUT2D eigenvalue weighted by Crippen LogP contribution is -2.12. The summed E-state index contributed by atoms with van der Waals surface area (Å²) in [5, 5.41) is 2.49. The van der Waals surface area contributed by atoms with Crippen LogP contribution in [0.25, 0.3) is 55.3 Å². The predicted octanol–water partition coefficient (Wildman–Crippen LogP) is 13.0. The molecule has 222 valence electrons. The molecule has 0 amide bonds. The number of rotatable bonds is 7. The fraction of sp³-hybridized carbons (Fsp3) is 0. The third-order valence-electron chi connectivity index (χ3n) is 8.85. The van der Waals surface area contributed by atoms with Gasteiger partial charge in [-0.25, -0.2) is 0 Å². The third kappa shape index (κ3) is 5.60. The van der Waals surface area contributed by atoms with Gasteiger partial charge in [0.1, 0.15) is 0 Å². The molecular formula is C46H33N. The molecule has 0 radical (unpaired) electrons. The highest BCUT2D eigenvalue weighted by atomic mass is 15.1. The maximum atomic E-state index is 2.41. The van der Waals surface area contributed by atoms with E-state index in [1.54, 1.807) is 0 Å². The Balaban J connectivity index is 1.39. The molecule has 1 heteroatoms. The van der Waals surface area contributed by atoms with Crippen LogP contribution >= 0.6 is 0 Å². The number of nitrogens with zero attached hydrogens (tertiary/aromatic N) is 1. The molecule has 47 heavy (non-hydrogen) atoms. The first kappa shape index (κ1) is 28.3. The molecule has 0 saturated heterocycles. The summed E-state index contributed by atoms with van der Waals surface area (Å²) in [7, 11) is 0. The molecule has 0 bridgehead atoms. The van der Waals surface area contributed by atoms with Crippen LogP contribution in [0.15, 0.2) is 200 Å². The van der Waals surface area contributed by atoms with Gasteiger partial charge in [0.25, 0.3) is 0 Å². The van der Waals surface area contributed by atoms with Gasteiger partial charge in [0.05, 0.1) is 5.69 Å². The largest absolute Gasteiger partial charge is 0.310 e. The molecule has 8 aromatic rings. The fourth-order valence-corrected chi connectivity index (χ4v) is 6.64. The van der Waals surface area contributed by atoms with Crippen LogP contribution in [-0.2, 0) is 0 Å². The first-order chi connectivity index (χ1) is 23.3. The number of benzene rings is 8. The van der Waals surface area contributed by atoms with Gasteiger partial charge in [-0.3, -0.25) is 0 Å². The third-order valence-corrected chi connectivity index (χ3v) is 8.85. The van der Waals surface area contributed by atoms with Crippen LogP contribution in [0.2, 0.25) is 0 Å². The molecule has 0 unspecified atom stereocenters. The van der Waals surface area contributed by atoms with Crippen LogP contribution < -0.4 is 4.90 Å². The van der Waals surface area contributed by atoms with Crippen molar-refractivity contribution in [3.05, 3.63) is 200 Å². The molecule has 0 saturated carbocycles. The number of hydrogen-bond acceptors (Lipinski definition) is 1. The summed E-state index contributed by atoms with van der Waals surface area (Å²) < 4.78 is 0. The van der Waals surface area contributed by atoms with E-state index in [1.165, 1.54) is 55.3 Å². The average Bonchev–Trinajstić information content (AvgIpc) is 3.16. The topological polar surface area (TPSA) is 3.24 Å². The highest BCUT2D eigenvalue weighted by Crippen LogP contribution is 2.48. The molecule has 8 rings (SSSR count). The SMILES string of the molecule is c1ccc(-c2ccccc2-c2c(-c3ccccc3)cccc2N(c2ccccc2)c2cccc(-c3ccc4ccccc4c3)c2)cc1. The van der Waals surface area contributed by atoms with Crippen LogP contribution in [0.5, 0.6) is 0 Å². The number of para-hydroxylation sites is 1. The van der Waals surface area contributed by atoms with Crippen molar-refractivity contribution in [3.63, 3.8) is 0 Å². The highest BCUT2D eigenvalue weighted by Gasteiger charge is 2.22. The monoisotopic (exact) mass is 599 g/mol. The van der Waals surface area contributed by atoms with Crippen molar-refractivity contribution < 1.29 is 0 Å². The van der Waals surface area contributed by atoms with E-state index in [0.717, 1.165) is 17.1 Å². The van der Waals surface area contributed by atoms with Gasteiger partial charge >= 0.3 is 0 Å². The molecule has 8 aromatic carbocycles. The maximum absolute atomic E-state index is 2.41. The van der Waals surface area contributed by atoms with Crippen LogP contribution in [0, 0.1) is 0 Å². The summed E-state index contributed by atoms with van der Waals surface area (Å²) in [5.74, 6) is 0. The highest BCUT2D eigenvalue weighted by molar-refractivity contribution is 6.01. The molecular weight excluding hydrogens is 567 g/mol. The van der Waals surface area contributed by atoms with Crippen molar-refractivity contribution in [1.29, 1.82) is 0 Å². The van der Waals surface area contributed by atoms with E-state index >= 15 is 0 Å². The van der Waals surface area contributed by atoms with Crippen molar-refractivity contribution >= 4 is 27.8 Å². The van der Waals surface area contributed by atoms with Gasteiger partial charge in [-0.1, -0.05) is 164 Å². The summed E-state index contributed by atoms with van der Waals surface area (Å²) in [6.07, 6.45) is 0. The Morgan fingerprint density at radius 2 is 0.787 bits per heavy atom. The van der Waals surface area contributed by atoms with E-state index in [0.29, 0.717) is 0 Å². The lowest BCUT2D eigenvalue weighted by atomic mass is 9.87. The minimum Gasteiger partial charge on any atom is -0.310 e. The summed E-state index contributed by atoms with van der Waals surface area (Å²) in [4.78, 5) is 2.41. The Labute approximate surface area is 276 Å². The molecule has 0 aliphatic rings. The standard InChI is InChI=1S/C46H33N/c1-4-17-35(18-5-1)42-26-12-13-27-44(42)46-43(36-19-6-2-7-20-36)28-15-29-45(46)47(40-23-8-3-9-24-40)41-25-14-22-38(33-41)39-31-30-34-16-10-11-21-37(34)32-39/h1-33H. The van der Waals surface area contributed by atoms with E-state index < -0.39 is 0 Å². The Morgan fingerprint density at radius 1 is 0.277 bits per heavy atom. The number of hydrogen-bond donors (Lipinski definition) is 0. The predicted molar refractivity (Wildman–Crippen MR) is 200 cm³/mol. The van der Waals surface area contributed by atoms with Gasteiger partial charge < -0.3 is 4.90 Å². The van der Waals surface area contributed by atoms with Crippen molar-refractivity contribution in [2.24, 2.45) is 0 Å². The lowest BCUT2D eigenvalue weighted by molar-refractivity contribution is 1.28. The average molecular weight is 600 g/mol. The Kier molecular flexibility index (Phi) is 7.63. The van der Waals surface area contributed by atoms with E-state index in [9.17, 15) is 0 Å². The van der Waals surface area contributed by atoms with Crippen LogP contribution in [0.4, 0.5) is 17.1 Å². The van der Waals surface area contributed by atoms with Crippen LogP contribution in [0.3, 0.4) is 0 Å². The first-order valence-corrected chi connectivity index (χ1v) is 16.1. The molecule has 0 aliphatic carbocycles. The molecule has 0 fully saturated rings. The van der Waals surface area contributed by atoms with E-state index in [4.69, 9.17) is 0 Å². The molecule has 0 spiro atoms. The Hall–Kier alpha value is -6.18. The van der Waals surface area contributed by atoms with Crippen molar-refractivity contribution in [3.8, 4) is 44.5 Å². The normalized spacial score (nSPS) is 11.0. The lowest BCUT2D eigenvalue weighted by Gasteiger charge is -2.30. The second-order valence-corrected chi connectivity index (χ2v) is 11.8. The maximum Gasteiger partial charge on any atom is 0.0546 e. The van der Waals surface area contributed by atoms with Gasteiger partial charge in [-0.15, -0.1) is 0 Å². The number of anilines is 3. The minimum absolute atomic E-state index is 1.10. The second kappa shape index (κ2) is 12.7. The molecule has 0 N–H and O–H groups in total. The van der Waals surface area contributed by atoms with Gasteiger partial charge in [0.15, 0.2) is 0 Å². The minimum atomic E-state index is 1.10. The Morgan fingerprint density at radius 3 is 1.53 bits per heavy atom. The van der Waals surface area contributed by atoms with Crippen molar-refractivity contribution in [2.75, 3.05) is 4.90 Å². The van der Waals surface area contributed by atoms with Crippen LogP contribution in [-0.4, -0.2) is 0 Å². The zero-order valence-corrected chi connectivity index (χ0v) is 26.0. The van der Waals surface area contributed by atoms with Gasteiger partial charge in [0, 0.05) is 16.9 Å². The van der Waals surface area contributed by atoms with Crippen LogP contribution in [0.1, 0.15) is 0 Å². The molecule has 0 heterocycles. The number of fused-ring (bicyclic) bond motifs is 1. The summed E-state index contributed by atoms with van der Waals surface area (Å²) in [6, 6.07) is 71.9. The smallest absolute Gasteiger partial charge is 0.0546 e. The van der Waals surface area contributed by atoms with Gasteiger partial charge in [-0.05, 0) is 86.1 Å². The first-order valence-electron chi connectivity index (χ1n) is 16.1. The molecule has 0 aliphatic heterocycles. The molecule has 0 aromatic heterocycles. The zero-order chi connectivity index (χ0) is 31.4. The summed E-state index contributed by atoms with van der Waals surface area (Å²) >= 11 is 0. The summed E-state index contributed by atoms with van der Waals surface area (Å²) in [5.41, 5.74) is 12.9. The van der Waals surface area contributed by atoms with Gasteiger partial charge in [0.2, 0.25) is 0 Å². The van der Waals surface area contributed by atoms with Crippen molar-refractivity contribution in [1.82, 2.24) is 0 Å².